The van der Waals surface area contributed by atoms with Crippen LogP contribution < -0.4 is 43.5 Å². The number of aryl methyl sites for hydroxylation is 2. The summed E-state index contributed by atoms with van der Waals surface area (Å²) < 4.78 is 22.2. The molecule has 3 aromatic carbocycles. The molecular formula is C22H18NaO7P. The number of carboxylic acids is 1. The molecule has 1 N–H and O–H groups in total. The molecule has 0 amide bonds. The summed E-state index contributed by atoms with van der Waals surface area (Å²) >= 11 is 0. The maximum atomic E-state index is 12.6. The number of ketones is 1. The third-order valence-corrected chi connectivity index (χ3v) is 5.00. The van der Waals surface area contributed by atoms with Gasteiger partial charge in [0.05, 0.1) is 5.56 Å². The first-order chi connectivity index (χ1) is 14.1. The molecule has 1 atom stereocenters. The molecule has 0 fully saturated rings. The van der Waals surface area contributed by atoms with Crippen LogP contribution in [0.4, 0.5) is 0 Å². The number of aromatic carboxylic acids is 1. The van der Waals surface area contributed by atoms with E-state index in [0.717, 1.165) is 17.2 Å². The van der Waals surface area contributed by atoms with E-state index >= 15 is 0 Å². The molecule has 3 aromatic rings. The number of hydrogen-bond donors (Lipinski definition) is 1. The van der Waals surface area contributed by atoms with Crippen LogP contribution in [0.3, 0.4) is 0 Å². The summed E-state index contributed by atoms with van der Waals surface area (Å²) in [5, 5.41) is 9.49. The largest absolute Gasteiger partial charge is 1.00 e. The molecule has 0 spiro atoms. The molecule has 0 bridgehead atoms. The maximum Gasteiger partial charge on any atom is 1.00 e. The van der Waals surface area contributed by atoms with Gasteiger partial charge in [-0.2, -0.15) is 0 Å². The molecule has 0 heterocycles. The minimum absolute atomic E-state index is 0. The zero-order valence-corrected chi connectivity index (χ0v) is 20.1. The van der Waals surface area contributed by atoms with E-state index in [1.165, 1.54) is 24.3 Å². The zero-order chi connectivity index (χ0) is 21.9. The van der Waals surface area contributed by atoms with Gasteiger partial charge in [-0.15, -0.1) is 0 Å². The molecule has 7 nitrogen and oxygen atoms in total. The SMILES string of the molecule is Cc1cc(C)cc(OP(=O)([O-])Oc2ccc(C(=O)c3ccccc3)c(C(=O)O)c2)c1.[Na+]. The van der Waals surface area contributed by atoms with Crippen molar-refractivity contribution < 1.29 is 62.8 Å². The Morgan fingerprint density at radius 2 is 1.42 bits per heavy atom. The van der Waals surface area contributed by atoms with Gasteiger partial charge in [0.25, 0.3) is 0 Å². The van der Waals surface area contributed by atoms with E-state index in [1.807, 2.05) is 6.07 Å². The minimum Gasteiger partial charge on any atom is -0.736 e. The van der Waals surface area contributed by atoms with Crippen LogP contribution in [0.1, 0.15) is 37.4 Å². The van der Waals surface area contributed by atoms with Crippen molar-refractivity contribution in [2.45, 2.75) is 13.8 Å². The van der Waals surface area contributed by atoms with Crippen LogP contribution in [0, 0.1) is 13.8 Å². The van der Waals surface area contributed by atoms with Crippen LogP contribution in [0.5, 0.6) is 11.5 Å². The molecular weight excluding hydrogens is 430 g/mol. The normalized spacial score (nSPS) is 12.2. The van der Waals surface area contributed by atoms with Crippen molar-refractivity contribution in [3.05, 3.63) is 94.5 Å². The molecule has 0 aromatic heterocycles. The van der Waals surface area contributed by atoms with Gasteiger partial charge in [-0.05, 0) is 55.3 Å². The van der Waals surface area contributed by atoms with E-state index < -0.39 is 19.6 Å². The number of carbonyl (C=O) groups excluding carboxylic acids is 1. The summed E-state index contributed by atoms with van der Waals surface area (Å²) in [6.07, 6.45) is 0. The first kappa shape index (κ1) is 24.9. The van der Waals surface area contributed by atoms with E-state index in [-0.39, 0.29) is 52.2 Å². The Morgan fingerprint density at radius 1 is 0.839 bits per heavy atom. The van der Waals surface area contributed by atoms with E-state index in [2.05, 4.69) is 0 Å². The van der Waals surface area contributed by atoms with E-state index in [1.54, 1.807) is 44.2 Å². The van der Waals surface area contributed by atoms with Crippen LogP contribution in [0.25, 0.3) is 0 Å². The van der Waals surface area contributed by atoms with Crippen molar-refractivity contribution in [3.63, 3.8) is 0 Å². The number of hydrogen-bond acceptors (Lipinski definition) is 6. The summed E-state index contributed by atoms with van der Waals surface area (Å²) in [5.41, 5.74) is 1.45. The Morgan fingerprint density at radius 3 is 2.00 bits per heavy atom. The Hall–Kier alpha value is -2.41. The molecule has 0 saturated carbocycles. The second-order valence-corrected chi connectivity index (χ2v) is 7.92. The number of phosphoric acid groups is 1. The monoisotopic (exact) mass is 448 g/mol. The van der Waals surface area contributed by atoms with Crippen LogP contribution in [-0.2, 0) is 4.57 Å². The second-order valence-electron chi connectivity index (χ2n) is 6.66. The standard InChI is InChI=1S/C22H19O7P.Na/c1-14-10-15(2)12-18(11-14)29-30(26,27)28-17-8-9-19(20(13-17)22(24)25)21(23)16-6-4-3-5-7-16;/h3-13H,1-2H3,(H,24,25)(H,26,27);/q;+1/p-1. The van der Waals surface area contributed by atoms with Crippen molar-refractivity contribution in [2.75, 3.05) is 0 Å². The smallest absolute Gasteiger partial charge is 0.736 e. The topological polar surface area (TPSA) is 113 Å². The molecule has 0 aliphatic rings. The third kappa shape index (κ3) is 6.53. The van der Waals surface area contributed by atoms with Crippen LogP contribution in [-0.4, -0.2) is 16.9 Å². The number of carboxylic acid groups (broad SMARTS) is 1. The van der Waals surface area contributed by atoms with Gasteiger partial charge in [-0.25, -0.2) is 9.36 Å². The van der Waals surface area contributed by atoms with E-state index in [4.69, 9.17) is 9.05 Å². The zero-order valence-electron chi connectivity index (χ0n) is 17.2. The van der Waals surface area contributed by atoms with Gasteiger partial charge in [-0.3, -0.25) is 4.79 Å². The summed E-state index contributed by atoms with van der Waals surface area (Å²) in [5.74, 6) is -2.09. The Kier molecular flexibility index (Phi) is 8.23. The molecule has 0 saturated heterocycles. The third-order valence-electron chi connectivity index (χ3n) is 4.13. The fourth-order valence-corrected chi connectivity index (χ4v) is 3.74. The quantitative estimate of drug-likeness (QED) is 0.328. The number of benzene rings is 3. The fraction of sp³-hybridized carbons (Fsp3) is 0.0909. The molecule has 1 unspecified atom stereocenters. The summed E-state index contributed by atoms with van der Waals surface area (Å²) in [6.45, 7) is 3.58. The van der Waals surface area contributed by atoms with Crippen molar-refractivity contribution in [3.8, 4) is 11.5 Å². The maximum absolute atomic E-state index is 12.6. The number of rotatable bonds is 7. The van der Waals surface area contributed by atoms with Crippen LogP contribution in [0.15, 0.2) is 66.7 Å². The first-order valence-electron chi connectivity index (χ1n) is 8.90. The second kappa shape index (κ2) is 10.3. The average molecular weight is 448 g/mol. The summed E-state index contributed by atoms with van der Waals surface area (Å²) in [4.78, 5) is 36.6. The molecule has 0 radical (unpaired) electrons. The Bertz CT molecular complexity index is 1140. The van der Waals surface area contributed by atoms with E-state index in [9.17, 15) is 24.2 Å². The van der Waals surface area contributed by atoms with Gasteiger partial charge in [-0.1, -0.05) is 36.4 Å². The molecule has 3 rings (SSSR count). The fourth-order valence-electron chi connectivity index (χ4n) is 2.96. The first-order valence-corrected chi connectivity index (χ1v) is 10.4. The van der Waals surface area contributed by atoms with Gasteiger partial charge < -0.3 is 19.0 Å². The van der Waals surface area contributed by atoms with Gasteiger partial charge in [0.2, 0.25) is 0 Å². The van der Waals surface area contributed by atoms with Crippen molar-refractivity contribution >= 4 is 19.6 Å². The summed E-state index contributed by atoms with van der Waals surface area (Å²) in [7, 11) is -4.85. The van der Waals surface area contributed by atoms with Gasteiger partial charge in [0.1, 0.15) is 11.5 Å². The summed E-state index contributed by atoms with van der Waals surface area (Å²) in [6, 6.07) is 16.5. The molecule has 154 valence electrons. The molecule has 31 heavy (non-hydrogen) atoms. The predicted octanol–water partition coefficient (Wildman–Crippen LogP) is 1.16. The number of carbonyl (C=O) groups is 2. The van der Waals surface area contributed by atoms with Gasteiger partial charge in [0, 0.05) is 11.1 Å². The Labute approximate surface area is 201 Å². The van der Waals surface area contributed by atoms with Crippen LogP contribution in [0.2, 0.25) is 0 Å². The van der Waals surface area contributed by atoms with E-state index in [0.29, 0.717) is 5.56 Å². The van der Waals surface area contributed by atoms with Crippen molar-refractivity contribution in [1.82, 2.24) is 0 Å². The van der Waals surface area contributed by atoms with Crippen molar-refractivity contribution in [2.24, 2.45) is 0 Å². The van der Waals surface area contributed by atoms with Crippen molar-refractivity contribution in [1.29, 1.82) is 0 Å². The van der Waals surface area contributed by atoms with Gasteiger partial charge >= 0.3 is 43.3 Å². The van der Waals surface area contributed by atoms with Crippen LogP contribution >= 0.6 is 7.82 Å². The number of phosphoric ester groups is 1. The average Bonchev–Trinajstić information content (AvgIpc) is 2.66. The molecule has 9 heteroatoms. The Balaban J connectivity index is 0.00000341. The molecule has 0 aliphatic carbocycles. The molecule has 0 aliphatic heterocycles. The van der Waals surface area contributed by atoms with Gasteiger partial charge in [0.15, 0.2) is 5.78 Å². The minimum atomic E-state index is -4.85. The predicted molar refractivity (Wildman–Crippen MR) is 108 cm³/mol.